The van der Waals surface area contributed by atoms with Gasteiger partial charge in [0, 0.05) is 19.1 Å². The van der Waals surface area contributed by atoms with Gasteiger partial charge in [0.15, 0.2) is 0 Å². The molecule has 2 rings (SSSR count). The van der Waals surface area contributed by atoms with Crippen LogP contribution in [0.15, 0.2) is 0 Å². The summed E-state index contributed by atoms with van der Waals surface area (Å²) in [5.41, 5.74) is 0. The zero-order chi connectivity index (χ0) is 11.6. The average Bonchev–Trinajstić information content (AvgIpc) is 3.11. The predicted octanol–water partition coefficient (Wildman–Crippen LogP) is 0.943. The van der Waals surface area contributed by atoms with E-state index in [-0.39, 0.29) is 5.25 Å². The molecule has 94 valence electrons. The fourth-order valence-electron chi connectivity index (χ4n) is 2.32. The Labute approximate surface area is 98.4 Å². The average molecular weight is 246 g/mol. The third-order valence-electron chi connectivity index (χ3n) is 3.49. The third kappa shape index (κ3) is 2.76. The lowest BCUT2D eigenvalue weighted by Crippen LogP contribution is -2.46. The summed E-state index contributed by atoms with van der Waals surface area (Å²) in [4.78, 5) is 0. The summed E-state index contributed by atoms with van der Waals surface area (Å²) < 4.78 is 25.9. The summed E-state index contributed by atoms with van der Waals surface area (Å²) in [6.45, 7) is 4.24. The molecule has 4 nitrogen and oxygen atoms in total. The van der Waals surface area contributed by atoms with Crippen LogP contribution in [-0.2, 0) is 10.0 Å². The van der Waals surface area contributed by atoms with Crippen LogP contribution in [0.3, 0.4) is 0 Å². The Bertz CT molecular complexity index is 319. The summed E-state index contributed by atoms with van der Waals surface area (Å²) in [5, 5.41) is 3.34. The second-order valence-corrected chi connectivity index (χ2v) is 7.05. The summed E-state index contributed by atoms with van der Waals surface area (Å²) in [7, 11) is -2.98. The number of hydrogen-bond donors (Lipinski definition) is 1. The van der Waals surface area contributed by atoms with Gasteiger partial charge in [0.05, 0.1) is 5.25 Å². The Balaban J connectivity index is 1.94. The lowest BCUT2D eigenvalue weighted by Gasteiger charge is -2.29. The van der Waals surface area contributed by atoms with Crippen molar-refractivity contribution in [2.75, 3.05) is 19.6 Å². The van der Waals surface area contributed by atoms with Gasteiger partial charge in [0.2, 0.25) is 10.0 Å². The molecule has 1 saturated heterocycles. The molecule has 0 bridgehead atoms. The van der Waals surface area contributed by atoms with Gasteiger partial charge in [-0.2, -0.15) is 0 Å². The van der Waals surface area contributed by atoms with Crippen LogP contribution in [0, 0.1) is 0 Å². The van der Waals surface area contributed by atoms with E-state index in [0.29, 0.717) is 19.1 Å². The van der Waals surface area contributed by atoms with Crippen molar-refractivity contribution in [3.05, 3.63) is 0 Å². The van der Waals surface area contributed by atoms with Crippen LogP contribution in [0.2, 0.25) is 0 Å². The monoisotopic (exact) mass is 246 g/mol. The van der Waals surface area contributed by atoms with Gasteiger partial charge >= 0.3 is 0 Å². The zero-order valence-corrected chi connectivity index (χ0v) is 10.8. The quantitative estimate of drug-likeness (QED) is 0.785. The molecule has 1 atom stereocenters. The third-order valence-corrected chi connectivity index (χ3v) is 5.94. The SMILES string of the molecule is CCN(CC1CCCCN1)S(=O)(=O)C1CC1. The van der Waals surface area contributed by atoms with Crippen LogP contribution in [0.4, 0.5) is 0 Å². The number of sulfonamides is 1. The fourth-order valence-corrected chi connectivity index (χ4v) is 4.22. The number of hydrogen-bond acceptors (Lipinski definition) is 3. The highest BCUT2D eigenvalue weighted by atomic mass is 32.2. The molecule has 0 aromatic rings. The molecule has 1 unspecified atom stereocenters. The summed E-state index contributed by atoms with van der Waals surface area (Å²) in [6, 6.07) is 0.363. The minimum absolute atomic E-state index is 0.0731. The molecule has 1 aliphatic carbocycles. The lowest BCUT2D eigenvalue weighted by molar-refractivity contribution is 0.319. The number of piperidine rings is 1. The van der Waals surface area contributed by atoms with Crippen molar-refractivity contribution >= 4 is 10.0 Å². The largest absolute Gasteiger partial charge is 0.313 e. The van der Waals surface area contributed by atoms with E-state index in [1.54, 1.807) is 4.31 Å². The highest BCUT2D eigenvalue weighted by Crippen LogP contribution is 2.31. The summed E-state index contributed by atoms with van der Waals surface area (Å²) in [6.07, 6.45) is 5.27. The number of likely N-dealkylation sites (N-methyl/N-ethyl adjacent to an activating group) is 1. The molecular formula is C11H22N2O2S. The lowest BCUT2D eigenvalue weighted by atomic mass is 10.1. The fraction of sp³-hybridized carbons (Fsp3) is 1.00. The van der Waals surface area contributed by atoms with E-state index in [4.69, 9.17) is 0 Å². The maximum atomic E-state index is 12.1. The van der Waals surface area contributed by atoms with Gasteiger partial charge in [-0.1, -0.05) is 13.3 Å². The van der Waals surface area contributed by atoms with Crippen LogP contribution in [0.25, 0.3) is 0 Å². The van der Waals surface area contributed by atoms with Gasteiger partial charge in [0.1, 0.15) is 0 Å². The van der Waals surface area contributed by atoms with E-state index in [2.05, 4.69) is 5.32 Å². The second-order valence-electron chi connectivity index (χ2n) is 4.84. The van der Waals surface area contributed by atoms with E-state index in [0.717, 1.165) is 25.8 Å². The topological polar surface area (TPSA) is 49.4 Å². The van der Waals surface area contributed by atoms with Gasteiger partial charge in [-0.05, 0) is 32.2 Å². The van der Waals surface area contributed by atoms with Crippen LogP contribution in [0.5, 0.6) is 0 Å². The van der Waals surface area contributed by atoms with Crippen molar-refractivity contribution < 1.29 is 8.42 Å². The van der Waals surface area contributed by atoms with Crippen molar-refractivity contribution in [3.8, 4) is 0 Å². The smallest absolute Gasteiger partial charge is 0.217 e. The predicted molar refractivity (Wildman–Crippen MR) is 64.8 cm³/mol. The molecule has 5 heteroatoms. The molecule has 1 N–H and O–H groups in total. The molecule has 0 aromatic heterocycles. The van der Waals surface area contributed by atoms with Crippen molar-refractivity contribution in [1.82, 2.24) is 9.62 Å². The second kappa shape index (κ2) is 5.02. The van der Waals surface area contributed by atoms with Crippen molar-refractivity contribution in [1.29, 1.82) is 0 Å². The maximum absolute atomic E-state index is 12.1. The molecule has 0 spiro atoms. The molecule has 0 aromatic carbocycles. The van der Waals surface area contributed by atoms with E-state index in [9.17, 15) is 8.42 Å². The van der Waals surface area contributed by atoms with Gasteiger partial charge in [0.25, 0.3) is 0 Å². The first kappa shape index (κ1) is 12.3. The highest BCUT2D eigenvalue weighted by Gasteiger charge is 2.40. The van der Waals surface area contributed by atoms with Gasteiger partial charge in [-0.15, -0.1) is 0 Å². The number of rotatable bonds is 5. The van der Waals surface area contributed by atoms with Crippen molar-refractivity contribution in [2.24, 2.45) is 0 Å². The molecule has 2 aliphatic rings. The summed E-state index contributed by atoms with van der Waals surface area (Å²) >= 11 is 0. The molecular weight excluding hydrogens is 224 g/mol. The van der Waals surface area contributed by atoms with Crippen LogP contribution >= 0.6 is 0 Å². The first-order valence-corrected chi connectivity index (χ1v) is 7.87. The molecule has 0 radical (unpaired) electrons. The first-order valence-electron chi connectivity index (χ1n) is 6.37. The van der Waals surface area contributed by atoms with E-state index < -0.39 is 10.0 Å². The maximum Gasteiger partial charge on any atom is 0.217 e. The molecule has 0 amide bonds. The highest BCUT2D eigenvalue weighted by molar-refractivity contribution is 7.90. The zero-order valence-electron chi connectivity index (χ0n) is 9.98. The van der Waals surface area contributed by atoms with E-state index in [1.165, 1.54) is 12.8 Å². The minimum Gasteiger partial charge on any atom is -0.313 e. The molecule has 2 fully saturated rings. The van der Waals surface area contributed by atoms with Crippen LogP contribution in [-0.4, -0.2) is 43.6 Å². The van der Waals surface area contributed by atoms with Crippen molar-refractivity contribution in [2.45, 2.75) is 50.3 Å². The Kier molecular flexibility index (Phi) is 3.87. The van der Waals surface area contributed by atoms with E-state index >= 15 is 0 Å². The number of nitrogens with zero attached hydrogens (tertiary/aromatic N) is 1. The standard InChI is InChI=1S/C11H22N2O2S/c1-2-13(16(14,15)11-6-7-11)9-10-5-3-4-8-12-10/h10-12H,2-9H2,1H3. The van der Waals surface area contributed by atoms with Crippen LogP contribution < -0.4 is 5.32 Å². The summed E-state index contributed by atoms with van der Waals surface area (Å²) in [5.74, 6) is 0. The Morgan fingerprint density at radius 1 is 1.25 bits per heavy atom. The van der Waals surface area contributed by atoms with Gasteiger partial charge in [-0.25, -0.2) is 12.7 Å². The van der Waals surface area contributed by atoms with Crippen LogP contribution in [0.1, 0.15) is 39.0 Å². The minimum atomic E-state index is -2.98. The Morgan fingerprint density at radius 2 is 2.00 bits per heavy atom. The van der Waals surface area contributed by atoms with Crippen molar-refractivity contribution in [3.63, 3.8) is 0 Å². The van der Waals surface area contributed by atoms with Gasteiger partial charge in [-0.3, -0.25) is 0 Å². The number of nitrogens with one attached hydrogen (secondary N) is 1. The van der Waals surface area contributed by atoms with E-state index in [1.807, 2.05) is 6.92 Å². The molecule has 1 heterocycles. The molecule has 1 saturated carbocycles. The van der Waals surface area contributed by atoms with Gasteiger partial charge < -0.3 is 5.32 Å². The Morgan fingerprint density at radius 3 is 2.50 bits per heavy atom. The molecule has 1 aliphatic heterocycles. The Hall–Kier alpha value is -0.130. The normalized spacial score (nSPS) is 27.2. The molecule has 16 heavy (non-hydrogen) atoms. The first-order chi connectivity index (χ1) is 7.64.